The first-order valence-corrected chi connectivity index (χ1v) is 9.99. The molecule has 156 valence electrons. The molecule has 0 atom stereocenters. The molecule has 4 nitrogen and oxygen atoms in total. The van der Waals surface area contributed by atoms with Crippen LogP contribution in [-0.2, 0) is 9.31 Å². The van der Waals surface area contributed by atoms with Crippen LogP contribution in [0.2, 0.25) is 0 Å². The van der Waals surface area contributed by atoms with Gasteiger partial charge in [0.25, 0.3) is 0 Å². The normalized spacial score (nSPS) is 16.3. The summed E-state index contributed by atoms with van der Waals surface area (Å²) in [6, 6.07) is 5.88. The molecular weight excluding hydrogens is 453 g/mol. The molecule has 0 aromatic heterocycles. The quantitative estimate of drug-likeness (QED) is 0.351. The topological polar surface area (TPSA) is 27.2 Å². The number of halogens is 3. The van der Waals surface area contributed by atoms with E-state index in [1.54, 1.807) is 12.1 Å². The van der Waals surface area contributed by atoms with Gasteiger partial charge in [0.15, 0.2) is 0 Å². The van der Waals surface area contributed by atoms with Crippen molar-refractivity contribution in [1.29, 1.82) is 0 Å². The van der Waals surface area contributed by atoms with Crippen LogP contribution in [0.3, 0.4) is 0 Å². The molecule has 2 aromatic carbocycles. The minimum Gasteiger partial charge on any atom is -0.400 e. The first-order valence-electron chi connectivity index (χ1n) is 9.20. The Morgan fingerprint density at radius 3 is 1.70 bits per heavy atom. The SMILES string of the molecule is [C-]#[N+]c1c(F)ccc(C)c1B1OC(C)(C)C(C)(C)O1.[C-]#[N+]c1c(F)ccc(C)c1Br. The van der Waals surface area contributed by atoms with Gasteiger partial charge in [0, 0.05) is 4.47 Å². The maximum atomic E-state index is 13.7. The van der Waals surface area contributed by atoms with Crippen molar-refractivity contribution in [2.45, 2.75) is 52.7 Å². The molecule has 8 heteroatoms. The third-order valence-electron chi connectivity index (χ3n) is 5.36. The summed E-state index contributed by atoms with van der Waals surface area (Å²) in [4.78, 5) is 6.34. The Kier molecular flexibility index (Phi) is 7.09. The first kappa shape index (κ1) is 24.0. The van der Waals surface area contributed by atoms with Crippen LogP contribution >= 0.6 is 15.9 Å². The number of hydrogen-bond acceptors (Lipinski definition) is 2. The van der Waals surface area contributed by atoms with Gasteiger partial charge in [-0.15, -0.1) is 0 Å². The van der Waals surface area contributed by atoms with Crippen molar-refractivity contribution in [3.05, 3.63) is 74.3 Å². The summed E-state index contributed by atoms with van der Waals surface area (Å²) in [5, 5.41) is 0. The summed E-state index contributed by atoms with van der Waals surface area (Å²) in [6.45, 7) is 25.2. The lowest BCUT2D eigenvalue weighted by Gasteiger charge is -2.32. The number of rotatable bonds is 1. The minimum absolute atomic E-state index is 0.0153. The van der Waals surface area contributed by atoms with Crippen LogP contribution in [0, 0.1) is 38.6 Å². The smallest absolute Gasteiger partial charge is 0.400 e. The van der Waals surface area contributed by atoms with Gasteiger partial charge in [0.05, 0.1) is 24.3 Å². The van der Waals surface area contributed by atoms with Gasteiger partial charge >= 0.3 is 7.12 Å². The zero-order chi connectivity index (χ0) is 22.9. The van der Waals surface area contributed by atoms with Crippen LogP contribution in [0.1, 0.15) is 38.8 Å². The molecule has 1 fully saturated rings. The molecule has 2 aromatic rings. The minimum atomic E-state index is -0.704. The largest absolute Gasteiger partial charge is 0.483 e. The summed E-state index contributed by atoms with van der Waals surface area (Å²) in [6.07, 6.45) is 0. The molecule has 0 bridgehead atoms. The van der Waals surface area contributed by atoms with Gasteiger partial charge in [-0.1, -0.05) is 33.6 Å². The van der Waals surface area contributed by atoms with E-state index in [1.807, 2.05) is 41.5 Å². The molecule has 0 spiro atoms. The van der Waals surface area contributed by atoms with Crippen molar-refractivity contribution in [2.24, 2.45) is 0 Å². The van der Waals surface area contributed by atoms with Crippen LogP contribution in [-0.4, -0.2) is 18.3 Å². The second-order valence-corrected chi connectivity index (χ2v) is 8.76. The second kappa shape index (κ2) is 8.85. The lowest BCUT2D eigenvalue weighted by Crippen LogP contribution is -2.41. The molecule has 0 amide bonds. The summed E-state index contributed by atoms with van der Waals surface area (Å²) < 4.78 is 38.9. The summed E-state index contributed by atoms with van der Waals surface area (Å²) in [5.74, 6) is -1.01. The maximum absolute atomic E-state index is 13.7. The van der Waals surface area contributed by atoms with Gasteiger partial charge in [-0.2, -0.15) is 0 Å². The van der Waals surface area contributed by atoms with Gasteiger partial charge in [-0.05, 0) is 64.7 Å². The van der Waals surface area contributed by atoms with Gasteiger partial charge in [-0.3, -0.25) is 0 Å². The van der Waals surface area contributed by atoms with E-state index < -0.39 is 30.0 Å². The van der Waals surface area contributed by atoms with E-state index in [-0.39, 0.29) is 11.4 Å². The van der Waals surface area contributed by atoms with Crippen LogP contribution < -0.4 is 5.46 Å². The average Bonchev–Trinajstić information content (AvgIpc) is 2.88. The first-order chi connectivity index (χ1) is 13.9. The lowest BCUT2D eigenvalue weighted by molar-refractivity contribution is 0.00578. The predicted molar refractivity (Wildman–Crippen MR) is 118 cm³/mol. The third kappa shape index (κ3) is 4.57. The molecule has 0 unspecified atom stereocenters. The van der Waals surface area contributed by atoms with Crippen molar-refractivity contribution >= 4 is 39.9 Å². The summed E-state index contributed by atoms with van der Waals surface area (Å²) >= 11 is 3.14. The molecule has 0 saturated carbocycles. The molecule has 1 saturated heterocycles. The Labute approximate surface area is 185 Å². The van der Waals surface area contributed by atoms with E-state index >= 15 is 0 Å². The molecule has 1 heterocycles. The fourth-order valence-electron chi connectivity index (χ4n) is 2.80. The van der Waals surface area contributed by atoms with E-state index in [0.29, 0.717) is 9.94 Å². The predicted octanol–water partition coefficient (Wildman–Crippen LogP) is 6.43. The van der Waals surface area contributed by atoms with E-state index in [0.717, 1.165) is 11.1 Å². The Balaban J connectivity index is 0.000000248. The summed E-state index contributed by atoms with van der Waals surface area (Å²) in [7, 11) is -0.704. The van der Waals surface area contributed by atoms with E-state index in [2.05, 4.69) is 25.6 Å². The van der Waals surface area contributed by atoms with E-state index in [1.165, 1.54) is 12.1 Å². The summed E-state index contributed by atoms with van der Waals surface area (Å²) in [5.41, 5.74) is 1.20. The molecule has 0 radical (unpaired) electrons. The van der Waals surface area contributed by atoms with Gasteiger partial charge in [0.1, 0.15) is 11.6 Å². The van der Waals surface area contributed by atoms with Crippen LogP contribution in [0.5, 0.6) is 0 Å². The van der Waals surface area contributed by atoms with Crippen molar-refractivity contribution in [1.82, 2.24) is 0 Å². The molecule has 3 rings (SSSR count). The highest BCUT2D eigenvalue weighted by Gasteiger charge is 2.52. The highest BCUT2D eigenvalue weighted by atomic mass is 79.9. The number of benzene rings is 2. The highest BCUT2D eigenvalue weighted by molar-refractivity contribution is 9.10. The van der Waals surface area contributed by atoms with Crippen molar-refractivity contribution in [2.75, 3.05) is 0 Å². The molecule has 30 heavy (non-hydrogen) atoms. The number of aryl methyl sites for hydroxylation is 2. The van der Waals surface area contributed by atoms with Gasteiger partial charge in [-0.25, -0.2) is 18.5 Å². The molecule has 1 aliphatic rings. The zero-order valence-corrected chi connectivity index (χ0v) is 19.3. The molecule has 0 N–H and O–H groups in total. The second-order valence-electron chi connectivity index (χ2n) is 7.97. The Hall–Kier alpha value is -2.26. The molecule has 1 aliphatic heterocycles. The fraction of sp³-hybridized carbons (Fsp3) is 0.364. The highest BCUT2D eigenvalue weighted by Crippen LogP contribution is 2.37. The Morgan fingerprint density at radius 2 is 1.27 bits per heavy atom. The lowest BCUT2D eigenvalue weighted by atomic mass is 9.75. The monoisotopic (exact) mass is 474 g/mol. The van der Waals surface area contributed by atoms with Crippen LogP contribution in [0.4, 0.5) is 20.2 Å². The van der Waals surface area contributed by atoms with Gasteiger partial charge < -0.3 is 9.31 Å². The molecular formula is C22H22BBrF2N2O2. The van der Waals surface area contributed by atoms with E-state index in [4.69, 9.17) is 22.5 Å². The average molecular weight is 475 g/mol. The van der Waals surface area contributed by atoms with Crippen molar-refractivity contribution in [3.63, 3.8) is 0 Å². The van der Waals surface area contributed by atoms with E-state index in [9.17, 15) is 8.78 Å². The van der Waals surface area contributed by atoms with Crippen molar-refractivity contribution in [3.8, 4) is 0 Å². The van der Waals surface area contributed by atoms with Crippen LogP contribution in [0.25, 0.3) is 9.69 Å². The molecule has 0 aliphatic carbocycles. The standard InChI is InChI=1S/C14H17BFNO2.C8H5BrFN/c1-9-7-8-10(16)12(17-6)11(9)15-18-13(2,3)14(4,5)19-15;1-5-3-4-6(10)8(11-2)7(5)9/h7-8H,1-5H3;3-4H,1H3. The number of nitrogens with zero attached hydrogens (tertiary/aromatic N) is 2. The zero-order valence-electron chi connectivity index (χ0n) is 17.7. The van der Waals surface area contributed by atoms with Crippen LogP contribution in [0.15, 0.2) is 28.7 Å². The third-order valence-corrected chi connectivity index (χ3v) is 6.36. The van der Waals surface area contributed by atoms with Crippen molar-refractivity contribution < 1.29 is 18.1 Å². The number of hydrogen-bond donors (Lipinski definition) is 0. The maximum Gasteiger partial charge on any atom is 0.483 e. The Bertz CT molecular complexity index is 1040. The Morgan fingerprint density at radius 1 is 0.833 bits per heavy atom. The van der Waals surface area contributed by atoms with Gasteiger partial charge in [0.2, 0.25) is 11.4 Å². The fourth-order valence-corrected chi connectivity index (χ4v) is 3.21.